The lowest BCUT2D eigenvalue weighted by Gasteiger charge is -2.39. The number of hydrogen-bond donors (Lipinski definition) is 1. The quantitative estimate of drug-likeness (QED) is 0.395. The van der Waals surface area contributed by atoms with Gasteiger partial charge in [-0.15, -0.1) is 0 Å². The maximum Gasteiger partial charge on any atom is 0.287 e. The fourth-order valence-corrected chi connectivity index (χ4v) is 5.52. The van der Waals surface area contributed by atoms with Crippen LogP contribution in [0.5, 0.6) is 5.75 Å². The van der Waals surface area contributed by atoms with Crippen molar-refractivity contribution in [3.8, 4) is 5.75 Å². The van der Waals surface area contributed by atoms with Gasteiger partial charge in [0.2, 0.25) is 5.91 Å². The fraction of sp³-hybridized carbons (Fsp3) is 0.419. The lowest BCUT2D eigenvalue weighted by Crippen LogP contribution is -2.43. The number of amides is 2. The normalized spacial score (nSPS) is 17.3. The van der Waals surface area contributed by atoms with Crippen LogP contribution >= 0.6 is 0 Å². The van der Waals surface area contributed by atoms with Crippen LogP contribution in [-0.4, -0.2) is 43.5 Å². The van der Waals surface area contributed by atoms with E-state index in [1.165, 1.54) is 11.1 Å². The SMILES string of the molecule is COCCNC(=O)c1ccc(COc2ccc3c(c2)[C@@H](c2ccc(C)cc2)N(C(=O)C2CCCC2)CC3)o1. The minimum Gasteiger partial charge on any atom is -0.486 e. The van der Waals surface area contributed by atoms with Gasteiger partial charge >= 0.3 is 0 Å². The molecule has 7 heteroatoms. The van der Waals surface area contributed by atoms with Crippen molar-refractivity contribution in [3.05, 3.63) is 88.4 Å². The van der Waals surface area contributed by atoms with Crippen LogP contribution in [0.15, 0.2) is 59.0 Å². The summed E-state index contributed by atoms with van der Waals surface area (Å²) in [5.74, 6) is 1.63. The molecule has 0 spiro atoms. The number of fused-ring (bicyclic) bond motifs is 1. The van der Waals surface area contributed by atoms with Crippen LogP contribution in [-0.2, 0) is 22.6 Å². The second-order valence-corrected chi connectivity index (χ2v) is 10.2. The number of carbonyl (C=O) groups is 2. The van der Waals surface area contributed by atoms with E-state index in [9.17, 15) is 9.59 Å². The van der Waals surface area contributed by atoms with Crippen LogP contribution in [0.2, 0.25) is 0 Å². The Kier molecular flexibility index (Phi) is 8.13. The van der Waals surface area contributed by atoms with E-state index >= 15 is 0 Å². The zero-order chi connectivity index (χ0) is 26.5. The van der Waals surface area contributed by atoms with E-state index in [-0.39, 0.29) is 36.1 Å². The number of ether oxygens (including phenoxy) is 2. The molecule has 5 rings (SSSR count). The number of furan rings is 1. The Labute approximate surface area is 224 Å². The molecule has 1 atom stereocenters. The van der Waals surface area contributed by atoms with Crippen molar-refractivity contribution in [1.82, 2.24) is 10.2 Å². The number of benzene rings is 2. The van der Waals surface area contributed by atoms with E-state index in [4.69, 9.17) is 13.9 Å². The van der Waals surface area contributed by atoms with Gasteiger partial charge in [0.15, 0.2) is 5.76 Å². The summed E-state index contributed by atoms with van der Waals surface area (Å²) in [4.78, 5) is 27.9. The van der Waals surface area contributed by atoms with Crippen molar-refractivity contribution in [1.29, 1.82) is 0 Å². The van der Waals surface area contributed by atoms with Crippen molar-refractivity contribution in [3.63, 3.8) is 0 Å². The molecule has 38 heavy (non-hydrogen) atoms. The maximum absolute atomic E-state index is 13.6. The lowest BCUT2D eigenvalue weighted by molar-refractivity contribution is -0.137. The highest BCUT2D eigenvalue weighted by atomic mass is 16.5. The van der Waals surface area contributed by atoms with Gasteiger partial charge in [-0.2, -0.15) is 0 Å². The van der Waals surface area contributed by atoms with Crippen molar-refractivity contribution < 1.29 is 23.5 Å². The van der Waals surface area contributed by atoms with Crippen molar-refractivity contribution in [2.75, 3.05) is 26.8 Å². The third kappa shape index (κ3) is 5.78. The van der Waals surface area contributed by atoms with E-state index in [2.05, 4.69) is 53.5 Å². The molecule has 1 saturated carbocycles. The van der Waals surface area contributed by atoms with Crippen LogP contribution in [0.1, 0.15) is 70.3 Å². The highest BCUT2D eigenvalue weighted by molar-refractivity contribution is 5.91. The Morgan fingerprint density at radius 1 is 1.05 bits per heavy atom. The molecule has 1 aromatic heterocycles. The van der Waals surface area contributed by atoms with Gasteiger partial charge in [0.05, 0.1) is 12.6 Å². The first-order valence-corrected chi connectivity index (χ1v) is 13.5. The second-order valence-electron chi connectivity index (χ2n) is 10.2. The number of aryl methyl sites for hydroxylation is 1. The molecule has 0 bridgehead atoms. The molecule has 3 aromatic rings. The van der Waals surface area contributed by atoms with Gasteiger partial charge in [-0.3, -0.25) is 9.59 Å². The van der Waals surface area contributed by atoms with Crippen molar-refractivity contribution >= 4 is 11.8 Å². The maximum atomic E-state index is 13.6. The molecule has 0 saturated heterocycles. The smallest absolute Gasteiger partial charge is 0.287 e. The predicted octanol–water partition coefficient (Wildman–Crippen LogP) is 5.21. The number of rotatable bonds is 9. The number of hydrogen-bond acceptors (Lipinski definition) is 5. The first kappa shape index (κ1) is 26.0. The largest absolute Gasteiger partial charge is 0.486 e. The summed E-state index contributed by atoms with van der Waals surface area (Å²) in [6, 6.07) is 17.9. The van der Waals surface area contributed by atoms with Crippen LogP contribution in [0.4, 0.5) is 0 Å². The fourth-order valence-electron chi connectivity index (χ4n) is 5.52. The lowest BCUT2D eigenvalue weighted by atomic mass is 9.86. The van der Waals surface area contributed by atoms with Gasteiger partial charge in [-0.25, -0.2) is 0 Å². The number of nitrogens with zero attached hydrogens (tertiary/aromatic N) is 1. The minimum atomic E-state index is -0.282. The molecule has 0 unspecified atom stereocenters. The third-order valence-corrected chi connectivity index (χ3v) is 7.58. The molecule has 1 fully saturated rings. The zero-order valence-corrected chi connectivity index (χ0v) is 22.2. The number of carbonyl (C=O) groups excluding carboxylic acids is 2. The molecule has 7 nitrogen and oxygen atoms in total. The van der Waals surface area contributed by atoms with Gasteiger partial charge in [0.25, 0.3) is 5.91 Å². The van der Waals surface area contributed by atoms with E-state index in [0.29, 0.717) is 24.7 Å². The van der Waals surface area contributed by atoms with E-state index in [0.717, 1.165) is 49.8 Å². The molecule has 2 aromatic carbocycles. The summed E-state index contributed by atoms with van der Waals surface area (Å²) < 4.78 is 16.7. The minimum absolute atomic E-state index is 0.128. The van der Waals surface area contributed by atoms with E-state index in [1.807, 2.05) is 6.07 Å². The summed E-state index contributed by atoms with van der Waals surface area (Å²) in [6.07, 6.45) is 5.08. The van der Waals surface area contributed by atoms with E-state index < -0.39 is 0 Å². The standard InChI is InChI=1S/C31H36N2O5/c1-21-7-9-23(10-8-21)29-27-19-25(37-20-26-13-14-28(38-26)30(34)32-16-18-36-2)12-11-22(27)15-17-33(29)31(35)24-5-3-4-6-24/h7-14,19,24,29H,3-6,15-18,20H2,1-2H3,(H,32,34)/t29-/m1/s1. The summed E-state index contributed by atoms with van der Waals surface area (Å²) in [5, 5.41) is 2.75. The number of methoxy groups -OCH3 is 1. The average Bonchev–Trinajstić information content (AvgIpc) is 3.64. The third-order valence-electron chi connectivity index (χ3n) is 7.58. The molecular formula is C31H36N2O5. The Hall–Kier alpha value is -3.58. The topological polar surface area (TPSA) is 81.0 Å². The highest BCUT2D eigenvalue weighted by Crippen LogP contribution is 2.40. The second kappa shape index (κ2) is 11.9. The molecule has 2 heterocycles. The first-order chi connectivity index (χ1) is 18.5. The monoisotopic (exact) mass is 516 g/mol. The Morgan fingerprint density at radius 3 is 2.61 bits per heavy atom. The van der Waals surface area contributed by atoms with Crippen LogP contribution in [0, 0.1) is 12.8 Å². The van der Waals surface area contributed by atoms with Gasteiger partial charge in [0.1, 0.15) is 18.1 Å². The van der Waals surface area contributed by atoms with E-state index in [1.54, 1.807) is 19.2 Å². The molecule has 1 aliphatic carbocycles. The van der Waals surface area contributed by atoms with Crippen LogP contribution in [0.3, 0.4) is 0 Å². The van der Waals surface area contributed by atoms with Crippen LogP contribution < -0.4 is 10.1 Å². The first-order valence-electron chi connectivity index (χ1n) is 13.5. The summed E-state index contributed by atoms with van der Waals surface area (Å²) in [7, 11) is 1.59. The Morgan fingerprint density at radius 2 is 1.84 bits per heavy atom. The van der Waals surface area contributed by atoms with Crippen LogP contribution in [0.25, 0.3) is 0 Å². The number of nitrogens with one attached hydrogen (secondary N) is 1. The van der Waals surface area contributed by atoms with Gasteiger partial charge < -0.3 is 24.1 Å². The highest BCUT2D eigenvalue weighted by Gasteiger charge is 2.36. The molecular weight excluding hydrogens is 480 g/mol. The van der Waals surface area contributed by atoms with Gasteiger partial charge in [-0.1, -0.05) is 48.7 Å². The average molecular weight is 517 g/mol. The molecule has 2 amide bonds. The predicted molar refractivity (Wildman–Crippen MR) is 144 cm³/mol. The molecule has 2 aliphatic rings. The van der Waals surface area contributed by atoms with Crippen molar-refractivity contribution in [2.24, 2.45) is 5.92 Å². The van der Waals surface area contributed by atoms with Gasteiger partial charge in [0, 0.05) is 26.1 Å². The zero-order valence-electron chi connectivity index (χ0n) is 22.2. The summed E-state index contributed by atoms with van der Waals surface area (Å²) >= 11 is 0. The summed E-state index contributed by atoms with van der Waals surface area (Å²) in [5.41, 5.74) is 4.67. The Bertz CT molecular complexity index is 1260. The van der Waals surface area contributed by atoms with Gasteiger partial charge in [-0.05, 0) is 67.1 Å². The molecule has 1 aliphatic heterocycles. The molecule has 0 radical (unpaired) electrons. The molecule has 1 N–H and O–H groups in total. The Balaban J connectivity index is 1.35. The molecule has 200 valence electrons. The van der Waals surface area contributed by atoms with Crippen molar-refractivity contribution in [2.45, 2.75) is 51.7 Å². The summed E-state index contributed by atoms with van der Waals surface area (Å²) in [6.45, 7) is 3.86.